The fourth-order valence-corrected chi connectivity index (χ4v) is 6.85. The lowest BCUT2D eigenvalue weighted by molar-refractivity contribution is -0.149. The number of hydrogen-bond acceptors (Lipinski definition) is 8. The molecule has 6 rings (SSSR count). The molecule has 2 aliphatic heterocycles. The molecule has 3 aliphatic rings. The molecule has 46 heavy (non-hydrogen) atoms. The molecular weight excluding hydrogens is 588 g/mol. The summed E-state index contributed by atoms with van der Waals surface area (Å²) in [7, 11) is 1.59. The molecule has 0 unspecified atom stereocenters. The van der Waals surface area contributed by atoms with E-state index in [4.69, 9.17) is 19.2 Å². The molecule has 1 aromatic heterocycles. The maximum atomic E-state index is 14.1. The van der Waals surface area contributed by atoms with E-state index in [1.807, 2.05) is 44.2 Å². The summed E-state index contributed by atoms with van der Waals surface area (Å²) < 4.78 is 17.9. The van der Waals surface area contributed by atoms with Gasteiger partial charge in [0.05, 0.1) is 37.4 Å². The summed E-state index contributed by atoms with van der Waals surface area (Å²) in [6.45, 7) is 4.09. The lowest BCUT2D eigenvalue weighted by Crippen LogP contribution is -2.54. The number of carbonyl (C=O) groups is 3. The molecule has 3 atom stereocenters. The molecule has 3 aromatic rings. The predicted molar refractivity (Wildman–Crippen MR) is 170 cm³/mol. The topological polar surface area (TPSA) is 151 Å². The normalized spacial score (nSPS) is 24.5. The molecule has 240 valence electrons. The van der Waals surface area contributed by atoms with Crippen LogP contribution in [-0.2, 0) is 14.3 Å². The van der Waals surface area contributed by atoms with Crippen molar-refractivity contribution in [1.29, 1.82) is 5.26 Å². The number of hydrogen-bond donors (Lipinski definition) is 2. The monoisotopic (exact) mass is 626 g/mol. The number of benzene rings is 2. The molecule has 11 nitrogen and oxygen atoms in total. The number of nitrogens with one attached hydrogen (secondary N) is 1. The first kappa shape index (κ1) is 31.1. The van der Waals surface area contributed by atoms with Crippen molar-refractivity contribution in [3.8, 4) is 17.7 Å². The van der Waals surface area contributed by atoms with Gasteiger partial charge in [-0.3, -0.25) is 4.79 Å². The number of rotatable bonds is 3. The zero-order chi connectivity index (χ0) is 32.6. The fraction of sp³-hybridized carbons (Fsp3) is 0.457. The summed E-state index contributed by atoms with van der Waals surface area (Å²) in [6.07, 6.45) is 6.55. The zero-order valence-corrected chi connectivity index (χ0v) is 26.2. The molecule has 2 aromatic carbocycles. The molecule has 0 spiro atoms. The van der Waals surface area contributed by atoms with Gasteiger partial charge in [-0.2, -0.15) is 5.26 Å². The molecule has 3 heterocycles. The molecule has 4 bridgehead atoms. The molecule has 2 N–H and O–H groups in total. The summed E-state index contributed by atoms with van der Waals surface area (Å²) in [6, 6.07) is 9.20. The van der Waals surface area contributed by atoms with E-state index in [1.54, 1.807) is 19.2 Å². The van der Waals surface area contributed by atoms with E-state index in [2.05, 4.69) is 11.4 Å². The number of amides is 2. The Morgan fingerprint density at radius 2 is 1.93 bits per heavy atom. The van der Waals surface area contributed by atoms with Gasteiger partial charge in [0.15, 0.2) is 0 Å². The third-order valence-corrected chi connectivity index (χ3v) is 9.32. The number of fused-ring (bicyclic) bond motifs is 5. The van der Waals surface area contributed by atoms with Crippen LogP contribution < -0.4 is 14.8 Å². The van der Waals surface area contributed by atoms with Gasteiger partial charge in [0, 0.05) is 33.6 Å². The Labute approximate surface area is 267 Å². The highest BCUT2D eigenvalue weighted by atomic mass is 16.5. The van der Waals surface area contributed by atoms with Crippen LogP contribution in [0.15, 0.2) is 36.4 Å². The number of pyridine rings is 1. The van der Waals surface area contributed by atoms with Gasteiger partial charge in [0.1, 0.15) is 23.9 Å². The lowest BCUT2D eigenvalue weighted by Gasteiger charge is -2.31. The Bertz CT molecular complexity index is 1770. The summed E-state index contributed by atoms with van der Waals surface area (Å²) in [5.41, 5.74) is 1.34. The highest BCUT2D eigenvalue weighted by Crippen LogP contribution is 2.39. The van der Waals surface area contributed by atoms with Crippen LogP contribution in [0.5, 0.6) is 11.6 Å². The van der Waals surface area contributed by atoms with Crippen LogP contribution in [-0.4, -0.2) is 71.4 Å². The largest absolute Gasteiger partial charge is 0.496 e. The quantitative estimate of drug-likeness (QED) is 0.363. The van der Waals surface area contributed by atoms with E-state index in [1.165, 1.54) is 4.90 Å². The number of carboxylic acid groups (broad SMARTS) is 1. The second-order valence-electron chi connectivity index (χ2n) is 13.2. The van der Waals surface area contributed by atoms with E-state index in [9.17, 15) is 24.8 Å². The number of aliphatic carboxylic acids is 1. The highest BCUT2D eigenvalue weighted by molar-refractivity contribution is 6.09. The molecule has 2 amide bonds. The lowest BCUT2D eigenvalue weighted by atomic mass is 9.90. The minimum Gasteiger partial charge on any atom is -0.496 e. The van der Waals surface area contributed by atoms with Crippen LogP contribution in [0.1, 0.15) is 63.5 Å². The Kier molecular flexibility index (Phi) is 8.47. The van der Waals surface area contributed by atoms with E-state index in [0.717, 1.165) is 42.0 Å². The SMILES string of the molecule is COc1cc2c3cc1/C=C/CC(C)(C)COC(=O)N[C@@H](C1CCCC1)C(=O)N1C[C@@H](C[C@H]1C(=O)O)Oc3nc1cc(C#N)ccc12. The number of cyclic esters (lactones) is 1. The molecule has 1 saturated heterocycles. The maximum absolute atomic E-state index is 14.1. The number of alkyl carbamates (subject to hydrolysis) is 1. The van der Waals surface area contributed by atoms with Gasteiger partial charge in [-0.1, -0.05) is 44.9 Å². The number of ether oxygens (including phenoxy) is 3. The van der Waals surface area contributed by atoms with Crippen LogP contribution in [0.4, 0.5) is 4.79 Å². The molecular formula is C35H38N4O7. The van der Waals surface area contributed by atoms with Crippen molar-refractivity contribution < 1.29 is 33.7 Å². The Balaban J connectivity index is 1.48. The van der Waals surface area contributed by atoms with E-state index >= 15 is 0 Å². The highest BCUT2D eigenvalue weighted by Gasteiger charge is 2.45. The third-order valence-electron chi connectivity index (χ3n) is 9.32. The maximum Gasteiger partial charge on any atom is 0.407 e. The Morgan fingerprint density at radius 3 is 2.65 bits per heavy atom. The van der Waals surface area contributed by atoms with Crippen LogP contribution >= 0.6 is 0 Å². The number of methoxy groups -OCH3 is 1. The van der Waals surface area contributed by atoms with Crippen molar-refractivity contribution in [2.75, 3.05) is 20.3 Å². The van der Waals surface area contributed by atoms with Gasteiger partial charge in [-0.15, -0.1) is 0 Å². The average Bonchev–Trinajstić information content (AvgIpc) is 3.72. The van der Waals surface area contributed by atoms with Crippen molar-refractivity contribution in [2.45, 2.75) is 70.6 Å². The summed E-state index contributed by atoms with van der Waals surface area (Å²) in [5, 5.41) is 24.8. The van der Waals surface area contributed by atoms with Crippen molar-refractivity contribution in [1.82, 2.24) is 15.2 Å². The first-order valence-corrected chi connectivity index (χ1v) is 15.7. The number of aromatic nitrogens is 1. The number of carboxylic acids is 1. The summed E-state index contributed by atoms with van der Waals surface area (Å²) in [4.78, 5) is 45.8. The van der Waals surface area contributed by atoms with Crippen LogP contribution in [0, 0.1) is 22.7 Å². The van der Waals surface area contributed by atoms with Crippen molar-refractivity contribution in [3.05, 3.63) is 47.5 Å². The molecule has 1 aliphatic carbocycles. The van der Waals surface area contributed by atoms with Gasteiger partial charge in [-0.05, 0) is 49.4 Å². The van der Waals surface area contributed by atoms with Crippen LogP contribution in [0.3, 0.4) is 0 Å². The van der Waals surface area contributed by atoms with Gasteiger partial charge < -0.3 is 29.5 Å². The Morgan fingerprint density at radius 1 is 1.15 bits per heavy atom. The zero-order valence-electron chi connectivity index (χ0n) is 26.2. The van der Waals surface area contributed by atoms with Gasteiger partial charge in [-0.25, -0.2) is 14.6 Å². The van der Waals surface area contributed by atoms with Gasteiger partial charge in [0.25, 0.3) is 0 Å². The molecule has 1 saturated carbocycles. The summed E-state index contributed by atoms with van der Waals surface area (Å²) >= 11 is 0. The predicted octanol–water partition coefficient (Wildman–Crippen LogP) is 5.43. The van der Waals surface area contributed by atoms with Crippen molar-refractivity contribution in [3.63, 3.8) is 0 Å². The van der Waals surface area contributed by atoms with E-state index < -0.39 is 41.6 Å². The van der Waals surface area contributed by atoms with Gasteiger partial charge >= 0.3 is 12.1 Å². The number of allylic oxidation sites excluding steroid dienone is 1. The summed E-state index contributed by atoms with van der Waals surface area (Å²) in [5.74, 6) is -0.825. The molecule has 2 fully saturated rings. The van der Waals surface area contributed by atoms with Gasteiger partial charge in [0.2, 0.25) is 11.8 Å². The number of carbonyl (C=O) groups excluding carboxylic acids is 2. The Hall–Kier alpha value is -4.85. The number of nitrogens with zero attached hydrogens (tertiary/aromatic N) is 3. The van der Waals surface area contributed by atoms with Crippen molar-refractivity contribution >= 4 is 45.7 Å². The van der Waals surface area contributed by atoms with E-state index in [-0.39, 0.29) is 31.4 Å². The van der Waals surface area contributed by atoms with E-state index in [0.29, 0.717) is 28.6 Å². The van der Waals surface area contributed by atoms with Crippen molar-refractivity contribution in [2.24, 2.45) is 11.3 Å². The fourth-order valence-electron chi connectivity index (χ4n) is 6.85. The smallest absolute Gasteiger partial charge is 0.407 e. The minimum atomic E-state index is -1.15. The average molecular weight is 627 g/mol. The number of nitriles is 1. The first-order chi connectivity index (χ1) is 22.1. The van der Waals surface area contributed by atoms with Crippen LogP contribution in [0.2, 0.25) is 0 Å². The third kappa shape index (κ3) is 6.16. The second kappa shape index (κ2) is 12.5. The molecule has 0 radical (unpaired) electrons. The minimum absolute atomic E-state index is 0.00510. The molecule has 11 heteroatoms. The second-order valence-corrected chi connectivity index (χ2v) is 13.2. The van der Waals surface area contributed by atoms with Crippen LogP contribution in [0.25, 0.3) is 27.8 Å². The standard InChI is InChI=1S/C35H38N4O7/c1-35(2)12-6-9-22-14-26-25(16-29(22)44-3)24-11-10-20(17-36)13-27(24)37-31(26)46-23-15-28(33(41)42)39(18-23)32(40)30(21-7-4-5-8-21)38-34(43)45-19-35/h6,9-11,13-14,16,21,23,28,30H,4-5,7-8,12,15,18-19H2,1-3H3,(H,38,43)(H,41,42)/b9-6+/t23-,28+,30+/m1/s1. The first-order valence-electron chi connectivity index (χ1n) is 15.7.